The third-order valence-electron chi connectivity index (χ3n) is 3.69. The zero-order valence-electron chi connectivity index (χ0n) is 13.6. The predicted molar refractivity (Wildman–Crippen MR) is 88.1 cm³/mol. The number of imidazole rings is 1. The maximum atomic E-state index is 13.0. The van der Waals surface area contributed by atoms with E-state index in [9.17, 15) is 4.39 Å². The average Bonchev–Trinajstić information content (AvgIpc) is 2.83. The van der Waals surface area contributed by atoms with Gasteiger partial charge in [0.1, 0.15) is 12.4 Å². The summed E-state index contributed by atoms with van der Waals surface area (Å²) < 4.78 is 20.9. The molecule has 4 nitrogen and oxygen atoms in total. The van der Waals surface area contributed by atoms with Gasteiger partial charge >= 0.3 is 0 Å². The van der Waals surface area contributed by atoms with E-state index in [4.69, 9.17) is 4.74 Å². The molecule has 0 amide bonds. The van der Waals surface area contributed by atoms with Gasteiger partial charge < -0.3 is 9.64 Å². The van der Waals surface area contributed by atoms with Gasteiger partial charge in [0.2, 0.25) is 0 Å². The fourth-order valence-electron chi connectivity index (χ4n) is 2.55. The van der Waals surface area contributed by atoms with Gasteiger partial charge in [0.25, 0.3) is 0 Å². The van der Waals surface area contributed by atoms with Gasteiger partial charge in [0.05, 0.1) is 11.4 Å². The molecule has 0 fully saturated rings. The number of halogens is 1. The summed E-state index contributed by atoms with van der Waals surface area (Å²) in [7, 11) is 4.07. The number of rotatable bonds is 5. The van der Waals surface area contributed by atoms with Crippen LogP contribution in [0.3, 0.4) is 0 Å². The first kappa shape index (κ1) is 15.5. The van der Waals surface area contributed by atoms with E-state index in [1.807, 2.05) is 39.3 Å². The lowest BCUT2D eigenvalue weighted by molar-refractivity contribution is 0.308. The van der Waals surface area contributed by atoms with Crippen molar-refractivity contribution in [3.05, 3.63) is 65.4 Å². The lowest BCUT2D eigenvalue weighted by Crippen LogP contribution is -2.13. The number of benzene rings is 1. The van der Waals surface area contributed by atoms with Crippen molar-refractivity contribution in [2.75, 3.05) is 14.1 Å². The van der Waals surface area contributed by atoms with Crippen LogP contribution in [0, 0.1) is 12.7 Å². The lowest BCUT2D eigenvalue weighted by Gasteiger charge is -2.11. The Labute approximate surface area is 135 Å². The number of hydrogen-bond donors (Lipinski definition) is 0. The van der Waals surface area contributed by atoms with Gasteiger partial charge in [0.15, 0.2) is 11.4 Å². The first-order valence-corrected chi connectivity index (χ1v) is 7.53. The molecule has 0 radical (unpaired) electrons. The van der Waals surface area contributed by atoms with Crippen LogP contribution in [0.5, 0.6) is 5.75 Å². The van der Waals surface area contributed by atoms with Gasteiger partial charge in [0, 0.05) is 12.7 Å². The fraction of sp³-hybridized carbons (Fsp3) is 0.278. The molecule has 0 aliphatic heterocycles. The molecule has 0 spiro atoms. The van der Waals surface area contributed by atoms with E-state index < -0.39 is 0 Å². The van der Waals surface area contributed by atoms with E-state index in [2.05, 4.69) is 14.3 Å². The lowest BCUT2D eigenvalue weighted by atomic mass is 10.2. The van der Waals surface area contributed by atoms with Crippen molar-refractivity contribution in [1.29, 1.82) is 0 Å². The van der Waals surface area contributed by atoms with E-state index in [0.717, 1.165) is 34.9 Å². The Morgan fingerprint density at radius 2 is 1.91 bits per heavy atom. The standard InChI is InChI=1S/C18H20FN3O/c1-13-16(11-21(2)3)22-10-4-5-17(18(22)20-13)23-12-14-6-8-15(19)9-7-14/h4-10H,11-12H2,1-3H3. The largest absolute Gasteiger partial charge is 0.485 e. The van der Waals surface area contributed by atoms with Crippen LogP contribution in [-0.2, 0) is 13.2 Å². The van der Waals surface area contributed by atoms with Crippen molar-refractivity contribution in [2.24, 2.45) is 0 Å². The van der Waals surface area contributed by atoms with Gasteiger partial charge in [-0.2, -0.15) is 0 Å². The quantitative estimate of drug-likeness (QED) is 0.723. The molecule has 120 valence electrons. The fourth-order valence-corrected chi connectivity index (χ4v) is 2.55. The molecule has 1 aromatic carbocycles. The average molecular weight is 313 g/mol. The first-order chi connectivity index (χ1) is 11.0. The van der Waals surface area contributed by atoms with Crippen LogP contribution in [0.1, 0.15) is 17.0 Å². The summed E-state index contributed by atoms with van der Waals surface area (Å²) in [4.78, 5) is 6.76. The van der Waals surface area contributed by atoms with Gasteiger partial charge in [-0.25, -0.2) is 9.37 Å². The number of hydrogen-bond acceptors (Lipinski definition) is 3. The second-order valence-electron chi connectivity index (χ2n) is 5.86. The van der Waals surface area contributed by atoms with Gasteiger partial charge in [-0.15, -0.1) is 0 Å². The van der Waals surface area contributed by atoms with E-state index in [1.54, 1.807) is 12.1 Å². The number of fused-ring (bicyclic) bond motifs is 1. The molecule has 0 saturated carbocycles. The molecule has 2 aromatic heterocycles. The summed E-state index contributed by atoms with van der Waals surface area (Å²) in [6.45, 7) is 3.21. The Balaban J connectivity index is 1.87. The summed E-state index contributed by atoms with van der Waals surface area (Å²) in [5.41, 5.74) is 3.88. The van der Waals surface area contributed by atoms with E-state index in [1.165, 1.54) is 12.1 Å². The summed E-state index contributed by atoms with van der Waals surface area (Å²) >= 11 is 0. The van der Waals surface area contributed by atoms with Crippen molar-refractivity contribution in [2.45, 2.75) is 20.1 Å². The molecule has 0 atom stereocenters. The van der Waals surface area contributed by atoms with Crippen LogP contribution in [0.15, 0.2) is 42.6 Å². The SMILES string of the molecule is Cc1nc2c(OCc3ccc(F)cc3)cccn2c1CN(C)C. The zero-order chi connectivity index (χ0) is 16.4. The molecule has 0 aliphatic rings. The smallest absolute Gasteiger partial charge is 0.180 e. The molecule has 2 heterocycles. The van der Waals surface area contributed by atoms with Gasteiger partial charge in [-0.3, -0.25) is 4.40 Å². The molecule has 3 aromatic rings. The van der Waals surface area contributed by atoms with Crippen molar-refractivity contribution in [1.82, 2.24) is 14.3 Å². The van der Waals surface area contributed by atoms with E-state index in [-0.39, 0.29) is 5.82 Å². The maximum absolute atomic E-state index is 13.0. The summed E-state index contributed by atoms with van der Waals surface area (Å²) in [6, 6.07) is 10.2. The van der Waals surface area contributed by atoms with Gasteiger partial charge in [-0.05, 0) is 50.8 Å². The van der Waals surface area contributed by atoms with Crippen LogP contribution in [-0.4, -0.2) is 28.4 Å². The second kappa shape index (κ2) is 6.38. The molecule has 0 bridgehead atoms. The Morgan fingerprint density at radius 1 is 1.17 bits per heavy atom. The van der Waals surface area contributed by atoms with E-state index >= 15 is 0 Å². The maximum Gasteiger partial charge on any atom is 0.180 e. The van der Waals surface area contributed by atoms with Crippen LogP contribution < -0.4 is 4.74 Å². The molecular formula is C18H20FN3O. The number of nitrogens with zero attached hydrogens (tertiary/aromatic N) is 3. The Kier molecular flexibility index (Phi) is 4.30. The molecule has 0 aliphatic carbocycles. The highest BCUT2D eigenvalue weighted by atomic mass is 19.1. The number of aryl methyl sites for hydroxylation is 1. The Hall–Kier alpha value is -2.40. The highest BCUT2D eigenvalue weighted by Crippen LogP contribution is 2.23. The number of ether oxygens (including phenoxy) is 1. The first-order valence-electron chi connectivity index (χ1n) is 7.53. The molecular weight excluding hydrogens is 293 g/mol. The minimum Gasteiger partial charge on any atom is -0.485 e. The number of pyridine rings is 1. The molecule has 0 unspecified atom stereocenters. The Bertz CT molecular complexity index is 809. The second-order valence-corrected chi connectivity index (χ2v) is 5.86. The highest BCUT2D eigenvalue weighted by molar-refractivity contribution is 5.56. The molecule has 3 rings (SSSR count). The van der Waals surface area contributed by atoms with Crippen LogP contribution >= 0.6 is 0 Å². The van der Waals surface area contributed by atoms with Crippen LogP contribution in [0.2, 0.25) is 0 Å². The molecule has 0 saturated heterocycles. The van der Waals surface area contributed by atoms with Gasteiger partial charge in [-0.1, -0.05) is 12.1 Å². The highest BCUT2D eigenvalue weighted by Gasteiger charge is 2.13. The van der Waals surface area contributed by atoms with Crippen LogP contribution in [0.4, 0.5) is 4.39 Å². The minimum absolute atomic E-state index is 0.243. The topological polar surface area (TPSA) is 29.8 Å². The van der Waals surface area contributed by atoms with Crippen molar-refractivity contribution < 1.29 is 9.13 Å². The predicted octanol–water partition coefficient (Wildman–Crippen LogP) is 3.42. The number of aromatic nitrogens is 2. The summed E-state index contributed by atoms with van der Waals surface area (Å²) in [5.74, 6) is 0.484. The van der Waals surface area contributed by atoms with Crippen molar-refractivity contribution in [3.63, 3.8) is 0 Å². The van der Waals surface area contributed by atoms with Crippen molar-refractivity contribution in [3.8, 4) is 5.75 Å². The van der Waals surface area contributed by atoms with E-state index in [0.29, 0.717) is 6.61 Å². The zero-order valence-corrected chi connectivity index (χ0v) is 13.6. The summed E-state index contributed by atoms with van der Waals surface area (Å²) in [6.07, 6.45) is 2.00. The minimum atomic E-state index is -0.243. The normalized spacial score (nSPS) is 11.3. The van der Waals surface area contributed by atoms with Crippen molar-refractivity contribution >= 4 is 5.65 Å². The molecule has 5 heteroatoms. The molecule has 0 N–H and O–H groups in total. The monoisotopic (exact) mass is 313 g/mol. The third-order valence-corrected chi connectivity index (χ3v) is 3.69. The summed E-state index contributed by atoms with van der Waals surface area (Å²) in [5, 5.41) is 0. The molecule has 23 heavy (non-hydrogen) atoms. The van der Waals surface area contributed by atoms with Crippen LogP contribution in [0.25, 0.3) is 5.65 Å². The third kappa shape index (κ3) is 3.35. The Morgan fingerprint density at radius 3 is 2.61 bits per heavy atom.